The van der Waals surface area contributed by atoms with Crippen LogP contribution in [0.1, 0.15) is 0 Å². The minimum atomic E-state index is 0. The molecule has 0 heterocycles. The summed E-state index contributed by atoms with van der Waals surface area (Å²) in [4.78, 5) is 0. The SMILES string of the molecule is [Bi+3].[Bi+3].[Mo+6].[Mo+6].[O-2].[O-2].[O-2].[O-2].[O-2].[O-2].[O-2].[O-2].[O-2]. The molecule has 0 aliphatic carbocycles. The number of rotatable bonds is 0. The largest absolute Gasteiger partial charge is 6.00 e. The van der Waals surface area contributed by atoms with E-state index in [2.05, 4.69) is 0 Å². The first-order valence-electron chi connectivity index (χ1n) is 0. The molecule has 4 radical (unpaired) electrons. The van der Waals surface area contributed by atoms with Gasteiger partial charge in [-0.1, -0.05) is 0 Å². The Morgan fingerprint density at radius 3 is 0.231 bits per heavy atom. The third-order valence-electron chi connectivity index (χ3n) is 0. The molecular weight excluding hydrogens is 754 g/mol. The Kier molecular flexibility index (Phi) is 12400. The van der Waals surface area contributed by atoms with Crippen LogP contribution in [0.3, 0.4) is 0 Å². The van der Waals surface area contributed by atoms with Crippen LogP contribution in [0.25, 0.3) is 0 Å². The van der Waals surface area contributed by atoms with Crippen molar-refractivity contribution in [2.45, 2.75) is 0 Å². The molecule has 0 aromatic rings. The van der Waals surface area contributed by atoms with Crippen LogP contribution >= 0.6 is 0 Å². The summed E-state index contributed by atoms with van der Waals surface area (Å²) in [6.07, 6.45) is 0. The molecule has 0 saturated heterocycles. The van der Waals surface area contributed by atoms with Crippen molar-refractivity contribution in [1.82, 2.24) is 0 Å². The van der Waals surface area contributed by atoms with Gasteiger partial charge >= 0.3 is 94.5 Å². The van der Waals surface area contributed by atoms with Crippen molar-refractivity contribution in [2.24, 2.45) is 0 Å². The van der Waals surface area contributed by atoms with Crippen molar-refractivity contribution in [2.75, 3.05) is 0 Å². The van der Waals surface area contributed by atoms with Gasteiger partial charge in [0.25, 0.3) is 0 Å². The fraction of sp³-hybridized carbons (Fsp3) is 0. The maximum absolute atomic E-state index is 0. The first kappa shape index (κ1) is 445. The molecule has 0 aliphatic heterocycles. The van der Waals surface area contributed by atoms with E-state index in [1.54, 1.807) is 0 Å². The van der Waals surface area contributed by atoms with E-state index >= 15 is 0 Å². The van der Waals surface area contributed by atoms with Gasteiger partial charge in [0, 0.05) is 0 Å². The third-order valence-corrected chi connectivity index (χ3v) is 0. The molecule has 0 saturated carbocycles. The van der Waals surface area contributed by atoms with Crippen molar-refractivity contribution in [3.63, 3.8) is 0 Å². The molecule has 9 nitrogen and oxygen atoms in total. The molecule has 0 unspecified atom stereocenters. The molecule has 0 spiro atoms. The zero-order valence-corrected chi connectivity index (χ0v) is 16.4. The van der Waals surface area contributed by atoms with E-state index < -0.39 is 0 Å². The molecule has 0 aliphatic rings. The summed E-state index contributed by atoms with van der Waals surface area (Å²) in [5, 5.41) is 0. The summed E-state index contributed by atoms with van der Waals surface area (Å²) in [5.74, 6) is 0. The molecule has 0 atom stereocenters. The number of hydrogen-bond donors (Lipinski definition) is 0. The average molecular weight is 754 g/mol. The monoisotopic (exact) mass is 758 g/mol. The van der Waals surface area contributed by atoms with Gasteiger partial charge in [0.1, 0.15) is 0 Å². The second-order valence-electron chi connectivity index (χ2n) is 0. The molecule has 0 amide bonds. The van der Waals surface area contributed by atoms with Gasteiger partial charge in [-0.3, -0.25) is 0 Å². The molecule has 13 heavy (non-hydrogen) atoms. The molecule has 13 heteroatoms. The molecule has 0 fully saturated rings. The summed E-state index contributed by atoms with van der Waals surface area (Å²) in [6, 6.07) is 0. The van der Waals surface area contributed by atoms with Crippen molar-refractivity contribution in [3.05, 3.63) is 0 Å². The van der Waals surface area contributed by atoms with E-state index in [0.29, 0.717) is 0 Å². The van der Waals surface area contributed by atoms with E-state index in [4.69, 9.17) is 0 Å². The Hall–Kier alpha value is 2.78. The molecule has 0 aromatic heterocycles. The first-order chi connectivity index (χ1) is 0. The summed E-state index contributed by atoms with van der Waals surface area (Å²) in [5.41, 5.74) is 0. The Labute approximate surface area is 142 Å². The maximum atomic E-state index is 0. The van der Waals surface area contributed by atoms with E-state index in [1.807, 2.05) is 0 Å². The van der Waals surface area contributed by atoms with Gasteiger partial charge < -0.3 is 49.3 Å². The van der Waals surface area contributed by atoms with E-state index in [-0.39, 0.29) is 144 Å². The second-order valence-corrected chi connectivity index (χ2v) is 0. The standard InChI is InChI=1S/2Bi.2Mo.9O/q2*+3;2*+6;9*-2. The molecule has 0 rings (SSSR count). The van der Waals surface area contributed by atoms with Crippen LogP contribution in [-0.4, -0.2) is 52.4 Å². The number of hydrogen-bond acceptors (Lipinski definition) is 0. The fourth-order valence-corrected chi connectivity index (χ4v) is 0. The van der Waals surface area contributed by atoms with Gasteiger partial charge in [0.15, 0.2) is 0 Å². The van der Waals surface area contributed by atoms with Crippen LogP contribution in [0.5, 0.6) is 0 Å². The molecule has 76 valence electrons. The maximum Gasteiger partial charge on any atom is 6.00 e. The normalized spacial score (nSPS) is 0. The summed E-state index contributed by atoms with van der Waals surface area (Å²) < 4.78 is 0. The van der Waals surface area contributed by atoms with Crippen LogP contribution in [0.4, 0.5) is 0 Å². The van der Waals surface area contributed by atoms with E-state index in [0.717, 1.165) is 0 Å². The van der Waals surface area contributed by atoms with Gasteiger partial charge in [-0.25, -0.2) is 0 Å². The Morgan fingerprint density at radius 2 is 0.231 bits per heavy atom. The Bertz CT molecular complexity index is 15.6. The quantitative estimate of drug-likeness (QED) is 0.247. The smallest absolute Gasteiger partial charge is 2.00 e. The van der Waals surface area contributed by atoms with Gasteiger partial charge in [0.05, 0.1) is 0 Å². The minimum absolute atomic E-state index is 0. The third kappa shape index (κ3) is 312. The van der Waals surface area contributed by atoms with E-state index in [9.17, 15) is 0 Å². The van der Waals surface area contributed by atoms with Gasteiger partial charge in [-0.2, -0.15) is 0 Å². The fourth-order valence-electron chi connectivity index (χ4n) is 0. The van der Waals surface area contributed by atoms with Crippen LogP contribution < -0.4 is 0 Å². The minimum Gasteiger partial charge on any atom is -2.00 e. The topological polar surface area (TPSA) is 256 Å². The summed E-state index contributed by atoms with van der Waals surface area (Å²) >= 11 is 0. The van der Waals surface area contributed by atoms with Crippen LogP contribution in [0.2, 0.25) is 0 Å². The molecule has 0 aromatic carbocycles. The van der Waals surface area contributed by atoms with Gasteiger partial charge in [-0.15, -0.1) is 0 Å². The van der Waals surface area contributed by atoms with Crippen LogP contribution in [0.15, 0.2) is 0 Å². The van der Waals surface area contributed by atoms with Crippen LogP contribution in [-0.2, 0) is 91.4 Å². The zero-order chi connectivity index (χ0) is 0. The Balaban J connectivity index is 0. The molecule has 0 bridgehead atoms. The van der Waals surface area contributed by atoms with Crippen molar-refractivity contribution < 1.29 is 91.4 Å². The zero-order valence-electron chi connectivity index (χ0n) is 5.39. The van der Waals surface area contributed by atoms with Crippen molar-refractivity contribution in [3.8, 4) is 0 Å². The van der Waals surface area contributed by atoms with Gasteiger partial charge in [0.2, 0.25) is 0 Å². The average Bonchev–Trinajstić information content (AvgIpc) is 0. The van der Waals surface area contributed by atoms with Crippen LogP contribution in [0, 0.1) is 0 Å². The van der Waals surface area contributed by atoms with E-state index in [1.165, 1.54) is 0 Å². The van der Waals surface area contributed by atoms with Crippen molar-refractivity contribution >= 4 is 52.4 Å². The Morgan fingerprint density at radius 1 is 0.231 bits per heavy atom. The molecular formula is Bi2Mo2O9. The predicted molar refractivity (Wildman–Crippen MR) is 17.7 cm³/mol. The first-order valence-corrected chi connectivity index (χ1v) is 0. The second kappa shape index (κ2) is 363. The summed E-state index contributed by atoms with van der Waals surface area (Å²) in [6.45, 7) is 0. The van der Waals surface area contributed by atoms with Crippen molar-refractivity contribution in [1.29, 1.82) is 0 Å². The van der Waals surface area contributed by atoms with Gasteiger partial charge in [-0.05, 0) is 0 Å². The molecule has 0 N–H and O–H groups in total. The predicted octanol–water partition coefficient (Wildman–Crippen LogP) is -1.84. The summed E-state index contributed by atoms with van der Waals surface area (Å²) in [7, 11) is 0.